The number of carbonyl (C=O) groups excluding carboxylic acids is 5. The summed E-state index contributed by atoms with van der Waals surface area (Å²) in [5, 5.41) is 12.2. The van der Waals surface area contributed by atoms with Crippen LogP contribution < -0.4 is 21.7 Å². The molecule has 4 aliphatic rings. The predicted octanol–water partition coefficient (Wildman–Crippen LogP) is 2.02. The molecule has 13 nitrogen and oxygen atoms in total. The third-order valence-electron chi connectivity index (χ3n) is 10.6. The van der Waals surface area contributed by atoms with Crippen molar-refractivity contribution in [2.75, 3.05) is 25.4 Å². The molecule has 1 aliphatic carbocycles. The molecule has 1 saturated carbocycles. The third kappa shape index (κ3) is 8.48. The Morgan fingerprint density at radius 1 is 1.02 bits per heavy atom. The first-order chi connectivity index (χ1) is 22.7. The van der Waals surface area contributed by atoms with Crippen LogP contribution in [0.2, 0.25) is 0 Å². The highest BCUT2D eigenvalue weighted by molar-refractivity contribution is 8.00. The molecule has 4 heterocycles. The van der Waals surface area contributed by atoms with Gasteiger partial charge in [-0.25, -0.2) is 0 Å². The molecule has 47 heavy (non-hydrogen) atoms. The maximum Gasteiger partial charge on any atom is 0.290 e. The monoisotopic (exact) mass is 673 g/mol. The maximum atomic E-state index is 13.8. The van der Waals surface area contributed by atoms with Gasteiger partial charge in [-0.2, -0.15) is 0 Å². The van der Waals surface area contributed by atoms with Crippen molar-refractivity contribution in [3.05, 3.63) is 18.0 Å². The molecule has 5 amide bonds. The second-order valence-electron chi connectivity index (χ2n) is 13.7. The number of likely N-dealkylation sites (tertiary alicyclic amines) is 1. The van der Waals surface area contributed by atoms with Crippen LogP contribution in [-0.4, -0.2) is 99.4 Å². The fraction of sp³-hybridized carbons (Fsp3) is 0.758. The molecule has 3 saturated heterocycles. The zero-order valence-corrected chi connectivity index (χ0v) is 28.5. The van der Waals surface area contributed by atoms with E-state index >= 15 is 0 Å². The van der Waals surface area contributed by atoms with E-state index < -0.39 is 41.9 Å². The van der Waals surface area contributed by atoms with Crippen molar-refractivity contribution in [1.29, 1.82) is 0 Å². The average Bonchev–Trinajstić information content (AvgIpc) is 3.79. The van der Waals surface area contributed by atoms with Crippen LogP contribution in [0.1, 0.15) is 95.0 Å². The first kappa shape index (κ1) is 35.2. The van der Waals surface area contributed by atoms with Crippen LogP contribution in [0.5, 0.6) is 0 Å². The standard InChI is InChI=1S/C33H51N7O6S/c1-3-20(2)28(38-29(41)24(17-21-7-5-4-6-8-21)37-30(42)26-11-14-35-46-26)31(43)36-23-9-10-27-40(32(23)44)25(19-47-27)33(45)39-15-12-22(18-34)13-16-39/h11,14,20-25,27-28H,3-10,12-13,15-19,34H2,1-2H3,(H,36,43)(H,37,42)(H,38,41)/t20-,23?,24-,25?,27?,28-/m0/s1. The topological polar surface area (TPSA) is 180 Å². The molecule has 1 aromatic rings. The summed E-state index contributed by atoms with van der Waals surface area (Å²) in [6, 6.07) is -1.68. The quantitative estimate of drug-likeness (QED) is 0.258. The number of aromatic nitrogens is 1. The molecule has 14 heteroatoms. The molecule has 3 aliphatic heterocycles. The molecule has 4 fully saturated rings. The van der Waals surface area contributed by atoms with Crippen LogP contribution in [0.25, 0.3) is 0 Å². The van der Waals surface area contributed by atoms with Crippen molar-refractivity contribution in [1.82, 2.24) is 30.9 Å². The fourth-order valence-corrected chi connectivity index (χ4v) is 8.81. The van der Waals surface area contributed by atoms with Crippen molar-refractivity contribution < 1.29 is 28.5 Å². The zero-order valence-electron chi connectivity index (χ0n) is 27.7. The minimum Gasteiger partial charge on any atom is -0.351 e. The minimum atomic E-state index is -0.914. The smallest absolute Gasteiger partial charge is 0.290 e. The summed E-state index contributed by atoms with van der Waals surface area (Å²) >= 11 is 1.62. The van der Waals surface area contributed by atoms with E-state index in [0.29, 0.717) is 57.0 Å². The first-order valence-corrected chi connectivity index (χ1v) is 18.5. The number of rotatable bonds is 12. The van der Waals surface area contributed by atoms with Crippen molar-refractivity contribution in [2.45, 2.75) is 114 Å². The number of nitrogens with one attached hydrogen (secondary N) is 3. The van der Waals surface area contributed by atoms with Crippen molar-refractivity contribution in [3.8, 4) is 0 Å². The summed E-state index contributed by atoms with van der Waals surface area (Å²) in [4.78, 5) is 71.5. The number of nitrogens with two attached hydrogens (primary N) is 1. The summed E-state index contributed by atoms with van der Waals surface area (Å²) in [7, 11) is 0. The van der Waals surface area contributed by atoms with Crippen LogP contribution in [0.15, 0.2) is 16.8 Å². The number of thioether (sulfide) groups is 1. The number of piperidine rings is 2. The molecule has 0 spiro atoms. The number of nitrogens with zero attached hydrogens (tertiary/aromatic N) is 3. The van der Waals surface area contributed by atoms with Crippen LogP contribution in [0.3, 0.4) is 0 Å². The molecule has 260 valence electrons. The van der Waals surface area contributed by atoms with Crippen LogP contribution in [-0.2, 0) is 19.2 Å². The second kappa shape index (κ2) is 16.3. The van der Waals surface area contributed by atoms with E-state index in [1.807, 2.05) is 18.7 Å². The highest BCUT2D eigenvalue weighted by Crippen LogP contribution is 2.37. The minimum absolute atomic E-state index is 0.00804. The molecule has 5 rings (SSSR count). The molecular formula is C33H51N7O6S. The Balaban J connectivity index is 1.24. The normalized spacial score (nSPS) is 25.9. The lowest BCUT2D eigenvalue weighted by atomic mass is 9.84. The third-order valence-corrected chi connectivity index (χ3v) is 11.9. The van der Waals surface area contributed by atoms with Gasteiger partial charge >= 0.3 is 0 Å². The predicted molar refractivity (Wildman–Crippen MR) is 177 cm³/mol. The number of hydrogen-bond donors (Lipinski definition) is 4. The number of carbonyl (C=O) groups is 5. The van der Waals surface area contributed by atoms with Crippen molar-refractivity contribution >= 4 is 41.3 Å². The van der Waals surface area contributed by atoms with E-state index in [-0.39, 0.29) is 34.8 Å². The van der Waals surface area contributed by atoms with Gasteiger partial charge in [0.05, 0.1) is 11.6 Å². The molecule has 3 unspecified atom stereocenters. The molecule has 0 bridgehead atoms. The van der Waals surface area contributed by atoms with E-state index in [9.17, 15) is 24.0 Å². The molecule has 6 atom stereocenters. The van der Waals surface area contributed by atoms with Crippen LogP contribution in [0, 0.1) is 17.8 Å². The summed E-state index contributed by atoms with van der Waals surface area (Å²) in [5.41, 5.74) is 5.83. The molecule has 5 N–H and O–H groups in total. The molecule has 1 aromatic heterocycles. The van der Waals surface area contributed by atoms with Crippen LogP contribution >= 0.6 is 11.8 Å². The Morgan fingerprint density at radius 3 is 2.43 bits per heavy atom. The van der Waals surface area contributed by atoms with E-state index in [4.69, 9.17) is 10.3 Å². The summed E-state index contributed by atoms with van der Waals surface area (Å²) in [6.07, 6.45) is 10.6. The highest BCUT2D eigenvalue weighted by Gasteiger charge is 2.48. The lowest BCUT2D eigenvalue weighted by Crippen LogP contribution is -2.62. The van der Waals surface area contributed by atoms with Gasteiger partial charge in [-0.1, -0.05) is 57.5 Å². The Bertz CT molecular complexity index is 1250. The Kier molecular flexibility index (Phi) is 12.2. The van der Waals surface area contributed by atoms with Gasteiger partial charge in [0.15, 0.2) is 0 Å². The molecule has 0 radical (unpaired) electrons. The highest BCUT2D eigenvalue weighted by atomic mass is 32.2. The summed E-state index contributed by atoms with van der Waals surface area (Å²) < 4.78 is 5.01. The molecular weight excluding hydrogens is 622 g/mol. The number of amides is 5. The van der Waals surface area contributed by atoms with Gasteiger partial charge in [0, 0.05) is 24.9 Å². The van der Waals surface area contributed by atoms with Gasteiger partial charge in [-0.05, 0) is 56.4 Å². The van der Waals surface area contributed by atoms with E-state index in [2.05, 4.69) is 21.1 Å². The van der Waals surface area contributed by atoms with Crippen molar-refractivity contribution in [2.24, 2.45) is 23.5 Å². The van der Waals surface area contributed by atoms with Gasteiger partial charge in [-0.15, -0.1) is 11.8 Å². The zero-order chi connectivity index (χ0) is 33.5. The number of hydrogen-bond acceptors (Lipinski definition) is 9. The van der Waals surface area contributed by atoms with E-state index in [1.165, 1.54) is 12.3 Å². The van der Waals surface area contributed by atoms with Gasteiger partial charge < -0.3 is 36.0 Å². The van der Waals surface area contributed by atoms with Gasteiger partial charge in [0.1, 0.15) is 24.2 Å². The summed E-state index contributed by atoms with van der Waals surface area (Å²) in [6.45, 7) is 5.72. The SMILES string of the molecule is CC[C@H](C)[C@H](NC(=O)[C@H](CC1CCCCC1)NC(=O)c1ccno1)C(=O)NC1CCC2SCC(C(=O)N3CCC(CN)CC3)N2C1=O. The molecule has 0 aromatic carbocycles. The first-order valence-electron chi connectivity index (χ1n) is 17.4. The largest absolute Gasteiger partial charge is 0.351 e. The van der Waals surface area contributed by atoms with Gasteiger partial charge in [-0.3, -0.25) is 24.0 Å². The lowest BCUT2D eigenvalue weighted by molar-refractivity contribution is -0.149. The Morgan fingerprint density at radius 2 is 1.77 bits per heavy atom. The number of fused-ring (bicyclic) bond motifs is 1. The lowest BCUT2D eigenvalue weighted by Gasteiger charge is -2.40. The van der Waals surface area contributed by atoms with E-state index in [0.717, 1.165) is 44.9 Å². The Labute approximate surface area is 281 Å². The maximum absolute atomic E-state index is 13.8. The van der Waals surface area contributed by atoms with Crippen molar-refractivity contribution in [3.63, 3.8) is 0 Å². The van der Waals surface area contributed by atoms with Gasteiger partial charge in [0.2, 0.25) is 29.4 Å². The Hall–Kier alpha value is -3.13. The fourth-order valence-electron chi connectivity index (χ4n) is 7.39. The van der Waals surface area contributed by atoms with Crippen LogP contribution in [0.4, 0.5) is 0 Å². The average molecular weight is 674 g/mol. The van der Waals surface area contributed by atoms with E-state index in [1.54, 1.807) is 16.7 Å². The van der Waals surface area contributed by atoms with Gasteiger partial charge in [0.25, 0.3) is 5.91 Å². The second-order valence-corrected chi connectivity index (χ2v) is 14.9. The summed E-state index contributed by atoms with van der Waals surface area (Å²) in [5.74, 6) is -0.698.